The van der Waals surface area contributed by atoms with Crippen LogP contribution in [0.3, 0.4) is 0 Å². The SMILES string of the molecule is CN=C(NCCc1ccco1)NC1CCN(Cc2ccccn2)CC1. The van der Waals surface area contributed by atoms with E-state index in [0.29, 0.717) is 6.04 Å². The maximum absolute atomic E-state index is 5.35. The molecule has 6 heteroatoms. The first-order valence-corrected chi connectivity index (χ1v) is 8.95. The summed E-state index contributed by atoms with van der Waals surface area (Å²) in [5.41, 5.74) is 1.14. The van der Waals surface area contributed by atoms with Gasteiger partial charge < -0.3 is 15.1 Å². The van der Waals surface area contributed by atoms with Gasteiger partial charge in [-0.15, -0.1) is 0 Å². The number of pyridine rings is 1. The minimum absolute atomic E-state index is 0.467. The zero-order valence-electron chi connectivity index (χ0n) is 14.8. The van der Waals surface area contributed by atoms with Crippen LogP contribution in [-0.2, 0) is 13.0 Å². The first-order valence-electron chi connectivity index (χ1n) is 8.95. The lowest BCUT2D eigenvalue weighted by Crippen LogP contribution is -2.48. The van der Waals surface area contributed by atoms with Crippen molar-refractivity contribution in [3.05, 3.63) is 54.2 Å². The molecular weight excluding hydrogens is 314 g/mol. The predicted octanol–water partition coefficient (Wildman–Crippen LogP) is 2.05. The van der Waals surface area contributed by atoms with Crippen molar-refractivity contribution in [3.8, 4) is 0 Å². The van der Waals surface area contributed by atoms with Crippen molar-refractivity contribution in [3.63, 3.8) is 0 Å². The van der Waals surface area contributed by atoms with Gasteiger partial charge >= 0.3 is 0 Å². The van der Waals surface area contributed by atoms with Crippen LogP contribution in [0.4, 0.5) is 0 Å². The van der Waals surface area contributed by atoms with Gasteiger partial charge in [0.1, 0.15) is 5.76 Å². The van der Waals surface area contributed by atoms with Crippen molar-refractivity contribution in [2.45, 2.75) is 31.8 Å². The molecule has 0 saturated carbocycles. The Morgan fingerprint density at radius 3 is 2.84 bits per heavy atom. The van der Waals surface area contributed by atoms with E-state index >= 15 is 0 Å². The summed E-state index contributed by atoms with van der Waals surface area (Å²) < 4.78 is 5.35. The van der Waals surface area contributed by atoms with E-state index in [0.717, 1.165) is 62.9 Å². The minimum Gasteiger partial charge on any atom is -0.469 e. The summed E-state index contributed by atoms with van der Waals surface area (Å²) in [7, 11) is 1.82. The molecule has 1 saturated heterocycles. The van der Waals surface area contributed by atoms with Crippen LogP contribution < -0.4 is 10.6 Å². The van der Waals surface area contributed by atoms with E-state index in [2.05, 4.69) is 37.6 Å². The van der Waals surface area contributed by atoms with Crippen molar-refractivity contribution in [1.82, 2.24) is 20.5 Å². The second-order valence-corrected chi connectivity index (χ2v) is 6.34. The van der Waals surface area contributed by atoms with E-state index in [1.165, 1.54) is 0 Å². The van der Waals surface area contributed by atoms with Gasteiger partial charge in [-0.1, -0.05) is 6.07 Å². The number of nitrogens with zero attached hydrogens (tertiary/aromatic N) is 3. The summed E-state index contributed by atoms with van der Waals surface area (Å²) in [5, 5.41) is 6.90. The predicted molar refractivity (Wildman–Crippen MR) is 99.4 cm³/mol. The highest BCUT2D eigenvalue weighted by molar-refractivity contribution is 5.79. The maximum atomic E-state index is 5.35. The van der Waals surface area contributed by atoms with Gasteiger partial charge in [-0.3, -0.25) is 14.9 Å². The van der Waals surface area contributed by atoms with Crippen molar-refractivity contribution in [2.24, 2.45) is 4.99 Å². The van der Waals surface area contributed by atoms with Crippen LogP contribution in [0.1, 0.15) is 24.3 Å². The third-order valence-electron chi connectivity index (χ3n) is 4.51. The van der Waals surface area contributed by atoms with Crippen molar-refractivity contribution in [1.29, 1.82) is 0 Å². The third-order valence-corrected chi connectivity index (χ3v) is 4.51. The van der Waals surface area contributed by atoms with Gasteiger partial charge in [0.25, 0.3) is 0 Å². The van der Waals surface area contributed by atoms with E-state index in [1.807, 2.05) is 31.4 Å². The average Bonchev–Trinajstić information content (AvgIpc) is 3.17. The zero-order valence-corrected chi connectivity index (χ0v) is 14.8. The van der Waals surface area contributed by atoms with Gasteiger partial charge in [-0.2, -0.15) is 0 Å². The Balaban J connectivity index is 1.37. The number of furan rings is 1. The Morgan fingerprint density at radius 1 is 1.28 bits per heavy atom. The minimum atomic E-state index is 0.467. The number of hydrogen-bond donors (Lipinski definition) is 2. The quantitative estimate of drug-likeness (QED) is 0.622. The van der Waals surface area contributed by atoms with E-state index in [9.17, 15) is 0 Å². The van der Waals surface area contributed by atoms with Gasteiger partial charge in [0.2, 0.25) is 0 Å². The lowest BCUT2D eigenvalue weighted by Gasteiger charge is -2.32. The number of likely N-dealkylation sites (tertiary alicyclic amines) is 1. The molecule has 0 bridgehead atoms. The largest absolute Gasteiger partial charge is 0.469 e. The summed E-state index contributed by atoms with van der Waals surface area (Å²) in [6.07, 6.45) is 6.66. The molecule has 1 fully saturated rings. The fourth-order valence-corrected chi connectivity index (χ4v) is 3.10. The summed E-state index contributed by atoms with van der Waals surface area (Å²) >= 11 is 0. The highest BCUT2D eigenvalue weighted by atomic mass is 16.3. The number of guanidine groups is 1. The van der Waals surface area contributed by atoms with E-state index in [4.69, 9.17) is 4.42 Å². The number of aromatic nitrogens is 1. The molecule has 0 amide bonds. The molecule has 1 aliphatic heterocycles. The van der Waals surface area contributed by atoms with Crippen molar-refractivity contribution >= 4 is 5.96 Å². The molecule has 2 aromatic heterocycles. The van der Waals surface area contributed by atoms with Crippen LogP contribution >= 0.6 is 0 Å². The molecule has 3 rings (SSSR count). The lowest BCUT2D eigenvalue weighted by atomic mass is 10.0. The second kappa shape index (κ2) is 9.22. The summed E-state index contributed by atoms with van der Waals surface area (Å²) in [6.45, 7) is 3.91. The van der Waals surface area contributed by atoms with Crippen molar-refractivity contribution < 1.29 is 4.42 Å². The normalized spacial score (nSPS) is 16.8. The fraction of sp³-hybridized carbons (Fsp3) is 0.474. The lowest BCUT2D eigenvalue weighted by molar-refractivity contribution is 0.196. The fourth-order valence-electron chi connectivity index (χ4n) is 3.10. The van der Waals surface area contributed by atoms with Gasteiger partial charge in [-0.25, -0.2) is 0 Å². The van der Waals surface area contributed by atoms with Crippen LogP contribution in [0.2, 0.25) is 0 Å². The number of rotatable bonds is 6. The Kier molecular flexibility index (Phi) is 6.45. The Morgan fingerprint density at radius 2 is 2.16 bits per heavy atom. The van der Waals surface area contributed by atoms with E-state index in [1.54, 1.807) is 6.26 Å². The molecule has 25 heavy (non-hydrogen) atoms. The molecule has 0 aliphatic carbocycles. The van der Waals surface area contributed by atoms with Crippen LogP contribution in [0.15, 0.2) is 52.2 Å². The molecule has 0 atom stereocenters. The molecule has 134 valence electrons. The number of aliphatic imine (C=N–C) groups is 1. The molecule has 1 aliphatic rings. The van der Waals surface area contributed by atoms with Crippen LogP contribution in [0, 0.1) is 0 Å². The van der Waals surface area contributed by atoms with Crippen LogP contribution in [-0.4, -0.2) is 48.6 Å². The van der Waals surface area contributed by atoms with Crippen LogP contribution in [0.25, 0.3) is 0 Å². The average molecular weight is 341 g/mol. The topological polar surface area (TPSA) is 65.7 Å². The first kappa shape index (κ1) is 17.5. The van der Waals surface area contributed by atoms with Crippen molar-refractivity contribution in [2.75, 3.05) is 26.7 Å². The number of hydrogen-bond acceptors (Lipinski definition) is 4. The Bertz CT molecular complexity index is 633. The highest BCUT2D eigenvalue weighted by Gasteiger charge is 2.20. The molecule has 0 radical (unpaired) electrons. The molecule has 6 nitrogen and oxygen atoms in total. The van der Waals surface area contributed by atoms with E-state index < -0.39 is 0 Å². The molecule has 3 heterocycles. The monoisotopic (exact) mass is 341 g/mol. The zero-order chi connectivity index (χ0) is 17.3. The Labute approximate surface area is 149 Å². The number of nitrogens with one attached hydrogen (secondary N) is 2. The maximum Gasteiger partial charge on any atom is 0.191 e. The van der Waals surface area contributed by atoms with Gasteiger partial charge in [-0.05, 0) is 37.1 Å². The van der Waals surface area contributed by atoms with E-state index in [-0.39, 0.29) is 0 Å². The smallest absolute Gasteiger partial charge is 0.191 e. The molecular formula is C19H27N5O. The third kappa shape index (κ3) is 5.60. The molecule has 0 aromatic carbocycles. The molecule has 2 N–H and O–H groups in total. The molecule has 2 aromatic rings. The van der Waals surface area contributed by atoms with Crippen LogP contribution in [0.5, 0.6) is 0 Å². The Hall–Kier alpha value is -2.34. The highest BCUT2D eigenvalue weighted by Crippen LogP contribution is 2.12. The van der Waals surface area contributed by atoms with Gasteiger partial charge in [0.05, 0.1) is 12.0 Å². The molecule has 0 unspecified atom stereocenters. The summed E-state index contributed by atoms with van der Waals surface area (Å²) in [5.74, 6) is 1.86. The summed E-state index contributed by atoms with van der Waals surface area (Å²) in [6, 6.07) is 10.5. The summed E-state index contributed by atoms with van der Waals surface area (Å²) in [4.78, 5) is 11.2. The molecule has 0 spiro atoms. The van der Waals surface area contributed by atoms with Gasteiger partial charge in [0, 0.05) is 51.9 Å². The number of piperidine rings is 1. The van der Waals surface area contributed by atoms with Gasteiger partial charge in [0.15, 0.2) is 5.96 Å². The second-order valence-electron chi connectivity index (χ2n) is 6.34. The standard InChI is InChI=1S/C19H27N5O/c1-20-19(22-11-7-18-6-4-14-25-18)23-16-8-12-24(13-9-16)15-17-5-2-3-10-21-17/h2-6,10,14,16H,7-9,11-13,15H2,1H3,(H2,20,22,23). The first-order chi connectivity index (χ1) is 12.3.